The minimum Gasteiger partial charge on any atom is -0.336 e. The number of piperazine rings is 1. The van der Waals surface area contributed by atoms with Crippen molar-refractivity contribution in [3.63, 3.8) is 0 Å². The molecule has 4 heteroatoms. The number of benzene rings is 2. The third-order valence-corrected chi connectivity index (χ3v) is 6.59. The van der Waals surface area contributed by atoms with E-state index in [1.807, 2.05) is 22.3 Å². The molecule has 1 fully saturated rings. The van der Waals surface area contributed by atoms with Gasteiger partial charge in [-0.1, -0.05) is 30.3 Å². The van der Waals surface area contributed by atoms with Crippen LogP contribution in [0.4, 0.5) is 0 Å². The fraction of sp³-hybridized carbons (Fsp3) is 0.318. The molecule has 26 heavy (non-hydrogen) atoms. The van der Waals surface area contributed by atoms with E-state index in [2.05, 4.69) is 46.7 Å². The Balaban J connectivity index is 1.35. The van der Waals surface area contributed by atoms with Gasteiger partial charge < -0.3 is 4.90 Å². The molecule has 0 unspecified atom stereocenters. The number of amides is 1. The number of hydrogen-bond acceptors (Lipinski definition) is 3. The van der Waals surface area contributed by atoms with E-state index >= 15 is 0 Å². The Kier molecular flexibility index (Phi) is 4.03. The summed E-state index contributed by atoms with van der Waals surface area (Å²) < 4.78 is 0. The summed E-state index contributed by atoms with van der Waals surface area (Å²) in [6.07, 6.45) is 2.21. The lowest BCUT2D eigenvalue weighted by molar-refractivity contribution is 0.0631. The Labute approximate surface area is 157 Å². The van der Waals surface area contributed by atoms with Crippen molar-refractivity contribution in [1.29, 1.82) is 0 Å². The lowest BCUT2D eigenvalue weighted by atomic mass is 9.99. The molecule has 132 valence electrons. The summed E-state index contributed by atoms with van der Waals surface area (Å²) in [6.45, 7) is 4.52. The Morgan fingerprint density at radius 1 is 0.923 bits per heavy atom. The number of carbonyl (C=O) groups excluding carboxylic acids is 1. The van der Waals surface area contributed by atoms with Crippen LogP contribution in [-0.4, -0.2) is 41.9 Å². The quantitative estimate of drug-likeness (QED) is 0.704. The molecule has 0 radical (unpaired) electrons. The summed E-state index contributed by atoms with van der Waals surface area (Å²) in [4.78, 5) is 19.1. The van der Waals surface area contributed by atoms with E-state index in [0.29, 0.717) is 0 Å². The van der Waals surface area contributed by atoms with E-state index in [0.717, 1.165) is 56.5 Å². The van der Waals surface area contributed by atoms with Crippen LogP contribution in [-0.2, 0) is 19.4 Å². The highest BCUT2D eigenvalue weighted by molar-refractivity contribution is 7.09. The van der Waals surface area contributed by atoms with E-state index in [-0.39, 0.29) is 5.91 Å². The minimum atomic E-state index is 0.191. The van der Waals surface area contributed by atoms with Gasteiger partial charge in [0.05, 0.1) is 0 Å². The van der Waals surface area contributed by atoms with Gasteiger partial charge in [0, 0.05) is 43.2 Å². The minimum absolute atomic E-state index is 0.191. The molecule has 1 aliphatic carbocycles. The van der Waals surface area contributed by atoms with Crippen molar-refractivity contribution >= 4 is 28.0 Å². The van der Waals surface area contributed by atoms with Gasteiger partial charge in [-0.15, -0.1) is 11.3 Å². The van der Waals surface area contributed by atoms with Crippen LogP contribution in [0.25, 0.3) is 10.8 Å². The molecule has 1 amide bonds. The van der Waals surface area contributed by atoms with Gasteiger partial charge in [-0.3, -0.25) is 9.69 Å². The number of hydrogen-bond donors (Lipinski definition) is 0. The summed E-state index contributed by atoms with van der Waals surface area (Å²) in [6, 6.07) is 14.9. The maximum atomic E-state index is 13.2. The van der Waals surface area contributed by atoms with E-state index in [9.17, 15) is 4.79 Å². The second-order valence-electron chi connectivity index (χ2n) is 7.26. The fourth-order valence-electron chi connectivity index (χ4n) is 4.34. The Morgan fingerprint density at radius 2 is 1.73 bits per heavy atom. The topological polar surface area (TPSA) is 23.6 Å². The van der Waals surface area contributed by atoms with Gasteiger partial charge in [0.1, 0.15) is 0 Å². The number of rotatable bonds is 3. The first-order valence-electron chi connectivity index (χ1n) is 9.37. The van der Waals surface area contributed by atoms with Gasteiger partial charge in [-0.25, -0.2) is 0 Å². The molecule has 0 spiro atoms. The van der Waals surface area contributed by atoms with Gasteiger partial charge in [-0.05, 0) is 52.3 Å². The van der Waals surface area contributed by atoms with Crippen molar-refractivity contribution in [2.24, 2.45) is 0 Å². The maximum Gasteiger partial charge on any atom is 0.254 e. The number of carbonyl (C=O) groups is 1. The first-order valence-corrected chi connectivity index (χ1v) is 10.2. The summed E-state index contributed by atoms with van der Waals surface area (Å²) in [5.41, 5.74) is 3.67. The Bertz CT molecular complexity index is 945. The molecule has 3 nitrogen and oxygen atoms in total. The van der Waals surface area contributed by atoms with Crippen molar-refractivity contribution < 1.29 is 4.79 Å². The standard InChI is InChI=1S/C22H22N2OS/c25-22(24-12-10-23(11-13-24)15-18-4-2-14-26-18)20-9-8-17-7-6-16-3-1-5-19(20)21(16)17/h1-5,8-9,14H,6-7,10-13,15H2. The molecule has 0 bridgehead atoms. The summed E-state index contributed by atoms with van der Waals surface area (Å²) in [7, 11) is 0. The normalized spacial score (nSPS) is 17.2. The van der Waals surface area contributed by atoms with Crippen molar-refractivity contribution in [3.8, 4) is 0 Å². The van der Waals surface area contributed by atoms with Gasteiger partial charge in [0.2, 0.25) is 0 Å². The first kappa shape index (κ1) is 16.0. The van der Waals surface area contributed by atoms with Crippen LogP contribution >= 0.6 is 11.3 Å². The third kappa shape index (κ3) is 2.74. The molecule has 2 aromatic carbocycles. The zero-order chi connectivity index (χ0) is 17.5. The maximum absolute atomic E-state index is 13.2. The monoisotopic (exact) mass is 362 g/mol. The summed E-state index contributed by atoms with van der Waals surface area (Å²) in [5.74, 6) is 0.191. The van der Waals surface area contributed by atoms with Gasteiger partial charge in [-0.2, -0.15) is 0 Å². The SMILES string of the molecule is O=C(c1ccc2c3c(cccc13)CC2)N1CCN(Cc2cccs2)CC1. The zero-order valence-corrected chi connectivity index (χ0v) is 15.6. The van der Waals surface area contributed by atoms with Crippen LogP contribution in [0.5, 0.6) is 0 Å². The largest absolute Gasteiger partial charge is 0.336 e. The lowest BCUT2D eigenvalue weighted by Crippen LogP contribution is -2.48. The van der Waals surface area contributed by atoms with Crippen molar-refractivity contribution in [3.05, 3.63) is 69.4 Å². The van der Waals surface area contributed by atoms with E-state index in [1.165, 1.54) is 21.4 Å². The van der Waals surface area contributed by atoms with Crippen LogP contribution in [0, 0.1) is 0 Å². The van der Waals surface area contributed by atoms with E-state index < -0.39 is 0 Å². The van der Waals surface area contributed by atoms with Crippen LogP contribution in [0.2, 0.25) is 0 Å². The highest BCUT2D eigenvalue weighted by Gasteiger charge is 2.25. The van der Waals surface area contributed by atoms with Crippen LogP contribution in [0.15, 0.2) is 47.8 Å². The zero-order valence-electron chi connectivity index (χ0n) is 14.8. The molecule has 1 aliphatic heterocycles. The molecular weight excluding hydrogens is 340 g/mol. The second kappa shape index (κ2) is 6.53. The third-order valence-electron chi connectivity index (χ3n) is 5.73. The summed E-state index contributed by atoms with van der Waals surface area (Å²) >= 11 is 1.81. The second-order valence-corrected chi connectivity index (χ2v) is 8.29. The Morgan fingerprint density at radius 3 is 2.50 bits per heavy atom. The van der Waals surface area contributed by atoms with Crippen molar-refractivity contribution in [2.75, 3.05) is 26.2 Å². The number of nitrogens with zero attached hydrogens (tertiary/aromatic N) is 2. The molecule has 5 rings (SSSR count). The van der Waals surface area contributed by atoms with Crippen LogP contribution in [0.3, 0.4) is 0 Å². The number of thiophene rings is 1. The predicted molar refractivity (Wildman–Crippen MR) is 107 cm³/mol. The number of aryl methyl sites for hydroxylation is 2. The molecular formula is C22H22N2OS. The molecule has 1 saturated heterocycles. The molecule has 3 aromatic rings. The van der Waals surface area contributed by atoms with Crippen molar-refractivity contribution in [1.82, 2.24) is 9.80 Å². The summed E-state index contributed by atoms with van der Waals surface area (Å²) in [5, 5.41) is 4.60. The molecule has 0 atom stereocenters. The van der Waals surface area contributed by atoms with Crippen molar-refractivity contribution in [2.45, 2.75) is 19.4 Å². The molecule has 2 heterocycles. The highest BCUT2D eigenvalue weighted by Crippen LogP contribution is 2.33. The highest BCUT2D eigenvalue weighted by atomic mass is 32.1. The average molecular weight is 362 g/mol. The van der Waals surface area contributed by atoms with E-state index in [4.69, 9.17) is 0 Å². The van der Waals surface area contributed by atoms with Crippen LogP contribution in [0.1, 0.15) is 26.4 Å². The lowest BCUT2D eigenvalue weighted by Gasteiger charge is -2.34. The van der Waals surface area contributed by atoms with Gasteiger partial charge in [0.25, 0.3) is 5.91 Å². The van der Waals surface area contributed by atoms with E-state index in [1.54, 1.807) is 0 Å². The molecule has 2 aliphatic rings. The van der Waals surface area contributed by atoms with Gasteiger partial charge in [0.15, 0.2) is 0 Å². The molecule has 0 N–H and O–H groups in total. The van der Waals surface area contributed by atoms with Crippen LogP contribution < -0.4 is 0 Å². The molecule has 0 saturated carbocycles. The van der Waals surface area contributed by atoms with Gasteiger partial charge >= 0.3 is 0 Å². The Hall–Kier alpha value is -2.17. The molecule has 1 aromatic heterocycles. The smallest absolute Gasteiger partial charge is 0.254 e. The predicted octanol–water partition coefficient (Wildman–Crippen LogP) is 3.96. The first-order chi connectivity index (χ1) is 12.8. The fourth-order valence-corrected chi connectivity index (χ4v) is 5.08. The average Bonchev–Trinajstić information content (AvgIpc) is 3.34.